The van der Waals surface area contributed by atoms with Crippen LogP contribution in [0.5, 0.6) is 0 Å². The van der Waals surface area contributed by atoms with Crippen molar-refractivity contribution in [2.75, 3.05) is 32.1 Å². The summed E-state index contributed by atoms with van der Waals surface area (Å²) in [7, 11) is 3.70. The smallest absolute Gasteiger partial charge is 0.0992 e. The lowest BCUT2D eigenvalue weighted by atomic mass is 10.2. The first-order chi connectivity index (χ1) is 7.67. The van der Waals surface area contributed by atoms with Crippen LogP contribution in [0.4, 0.5) is 5.69 Å². The second-order valence-corrected chi connectivity index (χ2v) is 3.75. The monoisotopic (exact) mass is 219 g/mol. The van der Waals surface area contributed by atoms with Crippen molar-refractivity contribution >= 4 is 5.69 Å². The van der Waals surface area contributed by atoms with Crippen molar-refractivity contribution in [3.05, 3.63) is 29.8 Å². The van der Waals surface area contributed by atoms with E-state index in [2.05, 4.69) is 11.4 Å². The molecule has 0 fully saturated rings. The molecule has 0 radical (unpaired) electrons. The van der Waals surface area contributed by atoms with Crippen LogP contribution < -0.4 is 10.2 Å². The molecule has 1 unspecified atom stereocenters. The molecule has 1 atom stereocenters. The summed E-state index contributed by atoms with van der Waals surface area (Å²) in [6, 6.07) is 9.44. The maximum atomic E-state index is 9.64. The second kappa shape index (κ2) is 6.11. The van der Waals surface area contributed by atoms with Crippen molar-refractivity contribution in [1.29, 1.82) is 5.26 Å². The van der Waals surface area contributed by atoms with Gasteiger partial charge in [-0.2, -0.15) is 5.26 Å². The Morgan fingerprint density at radius 3 is 2.94 bits per heavy atom. The molecular weight excluding hydrogens is 202 g/mol. The summed E-state index contributed by atoms with van der Waals surface area (Å²) >= 11 is 0. The average Bonchev–Trinajstić information content (AvgIpc) is 2.29. The fourth-order valence-electron chi connectivity index (χ4n) is 1.53. The van der Waals surface area contributed by atoms with E-state index in [0.29, 0.717) is 18.7 Å². The SMILES string of the molecule is CNCC(O)CN(C)c1cccc(C#N)c1. The van der Waals surface area contributed by atoms with Crippen molar-refractivity contribution in [2.45, 2.75) is 6.10 Å². The van der Waals surface area contributed by atoms with Gasteiger partial charge in [-0.1, -0.05) is 6.07 Å². The number of nitrogens with zero attached hydrogens (tertiary/aromatic N) is 2. The summed E-state index contributed by atoms with van der Waals surface area (Å²) in [5, 5.41) is 21.3. The van der Waals surface area contributed by atoms with E-state index < -0.39 is 6.10 Å². The van der Waals surface area contributed by atoms with Gasteiger partial charge in [0.25, 0.3) is 0 Å². The minimum Gasteiger partial charge on any atom is -0.390 e. The standard InChI is InChI=1S/C12H17N3O/c1-14-8-12(16)9-15(2)11-5-3-4-10(6-11)7-13/h3-6,12,14,16H,8-9H2,1-2H3. The maximum absolute atomic E-state index is 9.64. The van der Waals surface area contributed by atoms with Gasteiger partial charge in [0.15, 0.2) is 0 Å². The fourth-order valence-corrected chi connectivity index (χ4v) is 1.53. The third kappa shape index (κ3) is 3.54. The molecule has 0 aliphatic heterocycles. The van der Waals surface area contributed by atoms with Crippen molar-refractivity contribution < 1.29 is 5.11 Å². The van der Waals surface area contributed by atoms with E-state index in [4.69, 9.17) is 5.26 Å². The number of nitrogens with one attached hydrogen (secondary N) is 1. The Bertz CT molecular complexity index is 373. The van der Waals surface area contributed by atoms with E-state index in [1.165, 1.54) is 0 Å². The normalized spacial score (nSPS) is 11.9. The predicted molar refractivity (Wildman–Crippen MR) is 64.4 cm³/mol. The van der Waals surface area contributed by atoms with Gasteiger partial charge in [-0.3, -0.25) is 0 Å². The summed E-state index contributed by atoms with van der Waals surface area (Å²) in [5.74, 6) is 0. The third-order valence-corrected chi connectivity index (χ3v) is 2.34. The molecule has 1 aromatic rings. The van der Waals surface area contributed by atoms with Gasteiger partial charge in [-0.15, -0.1) is 0 Å². The Morgan fingerprint density at radius 1 is 1.56 bits per heavy atom. The third-order valence-electron chi connectivity index (χ3n) is 2.34. The lowest BCUT2D eigenvalue weighted by Crippen LogP contribution is -2.35. The first kappa shape index (κ1) is 12.5. The van der Waals surface area contributed by atoms with Crippen LogP contribution in [0.15, 0.2) is 24.3 Å². The van der Waals surface area contributed by atoms with Crippen LogP contribution in [0.25, 0.3) is 0 Å². The molecule has 16 heavy (non-hydrogen) atoms. The Balaban J connectivity index is 2.65. The van der Waals surface area contributed by atoms with Gasteiger partial charge >= 0.3 is 0 Å². The molecule has 0 amide bonds. The topological polar surface area (TPSA) is 59.3 Å². The molecule has 0 aliphatic rings. The molecule has 0 bridgehead atoms. The van der Waals surface area contributed by atoms with Gasteiger partial charge < -0.3 is 15.3 Å². The summed E-state index contributed by atoms with van der Waals surface area (Å²) in [6.07, 6.45) is -0.416. The number of anilines is 1. The van der Waals surface area contributed by atoms with Crippen LogP contribution in [0, 0.1) is 11.3 Å². The van der Waals surface area contributed by atoms with E-state index in [1.54, 1.807) is 13.1 Å². The van der Waals surface area contributed by atoms with Crippen LogP contribution in [0.2, 0.25) is 0 Å². The zero-order chi connectivity index (χ0) is 12.0. The first-order valence-corrected chi connectivity index (χ1v) is 5.21. The number of aliphatic hydroxyl groups is 1. The first-order valence-electron chi connectivity index (χ1n) is 5.21. The van der Waals surface area contributed by atoms with Crippen molar-refractivity contribution in [3.8, 4) is 6.07 Å². The van der Waals surface area contributed by atoms with Crippen molar-refractivity contribution in [3.63, 3.8) is 0 Å². The van der Waals surface area contributed by atoms with Crippen LogP contribution in [0.3, 0.4) is 0 Å². The van der Waals surface area contributed by atoms with Crippen molar-refractivity contribution in [1.82, 2.24) is 5.32 Å². The molecule has 0 aliphatic carbocycles. The van der Waals surface area contributed by atoms with E-state index >= 15 is 0 Å². The van der Waals surface area contributed by atoms with Crippen LogP contribution in [-0.2, 0) is 0 Å². The van der Waals surface area contributed by atoms with Crippen molar-refractivity contribution in [2.24, 2.45) is 0 Å². The van der Waals surface area contributed by atoms with Crippen LogP contribution in [0.1, 0.15) is 5.56 Å². The maximum Gasteiger partial charge on any atom is 0.0992 e. The zero-order valence-corrected chi connectivity index (χ0v) is 9.64. The highest BCUT2D eigenvalue weighted by molar-refractivity contribution is 5.50. The van der Waals surface area contributed by atoms with Crippen LogP contribution in [-0.4, -0.2) is 38.4 Å². The Hall–Kier alpha value is -1.57. The molecule has 0 saturated heterocycles. The Kier molecular flexibility index (Phi) is 4.77. The van der Waals surface area contributed by atoms with Gasteiger partial charge in [0, 0.05) is 25.8 Å². The molecular formula is C12H17N3O. The minimum atomic E-state index is -0.416. The molecule has 1 rings (SSSR count). The highest BCUT2D eigenvalue weighted by Crippen LogP contribution is 2.14. The largest absolute Gasteiger partial charge is 0.390 e. The van der Waals surface area contributed by atoms with Crippen LogP contribution >= 0.6 is 0 Å². The Morgan fingerprint density at radius 2 is 2.31 bits per heavy atom. The number of hydrogen-bond donors (Lipinski definition) is 2. The number of hydrogen-bond acceptors (Lipinski definition) is 4. The molecule has 1 aromatic carbocycles. The highest BCUT2D eigenvalue weighted by atomic mass is 16.3. The van der Waals surface area contributed by atoms with Gasteiger partial charge in [-0.05, 0) is 25.2 Å². The minimum absolute atomic E-state index is 0.416. The lowest BCUT2D eigenvalue weighted by molar-refractivity contribution is 0.181. The van der Waals surface area contributed by atoms with E-state index in [9.17, 15) is 5.11 Å². The summed E-state index contributed by atoms with van der Waals surface area (Å²) < 4.78 is 0. The average molecular weight is 219 g/mol. The summed E-state index contributed by atoms with van der Waals surface area (Å²) in [4.78, 5) is 1.93. The van der Waals surface area contributed by atoms with Gasteiger partial charge in [-0.25, -0.2) is 0 Å². The van der Waals surface area contributed by atoms with Gasteiger partial charge in [0.05, 0.1) is 17.7 Å². The van der Waals surface area contributed by atoms with E-state index in [0.717, 1.165) is 5.69 Å². The number of nitriles is 1. The molecule has 86 valence electrons. The molecule has 0 spiro atoms. The van der Waals surface area contributed by atoms with E-state index in [-0.39, 0.29) is 0 Å². The number of likely N-dealkylation sites (N-methyl/N-ethyl adjacent to an activating group) is 2. The molecule has 4 nitrogen and oxygen atoms in total. The Labute approximate surface area is 96.1 Å². The molecule has 2 N–H and O–H groups in total. The molecule has 4 heteroatoms. The number of rotatable bonds is 5. The molecule has 0 saturated carbocycles. The highest BCUT2D eigenvalue weighted by Gasteiger charge is 2.08. The zero-order valence-electron chi connectivity index (χ0n) is 9.64. The number of aliphatic hydroxyl groups excluding tert-OH is 1. The fraction of sp³-hybridized carbons (Fsp3) is 0.417. The predicted octanol–water partition coefficient (Wildman–Crippen LogP) is 0.575. The summed E-state index contributed by atoms with van der Waals surface area (Å²) in [6.45, 7) is 1.10. The summed E-state index contributed by atoms with van der Waals surface area (Å²) in [5.41, 5.74) is 1.57. The molecule has 0 heterocycles. The quantitative estimate of drug-likeness (QED) is 0.760. The second-order valence-electron chi connectivity index (χ2n) is 3.75. The van der Waals surface area contributed by atoms with Gasteiger partial charge in [0.2, 0.25) is 0 Å². The van der Waals surface area contributed by atoms with Gasteiger partial charge in [0.1, 0.15) is 0 Å². The lowest BCUT2D eigenvalue weighted by Gasteiger charge is -2.22. The number of benzene rings is 1. The van der Waals surface area contributed by atoms with E-state index in [1.807, 2.05) is 30.1 Å². The molecule has 0 aromatic heterocycles.